The lowest BCUT2D eigenvalue weighted by molar-refractivity contribution is -0.0497. The first-order valence-corrected chi connectivity index (χ1v) is 17.3. The van der Waals surface area contributed by atoms with Gasteiger partial charge in [0.2, 0.25) is 11.8 Å². The van der Waals surface area contributed by atoms with Gasteiger partial charge in [0, 0.05) is 0 Å². The first-order valence-electron chi connectivity index (χ1n) is 17.3. The van der Waals surface area contributed by atoms with Gasteiger partial charge in [-0.15, -0.1) is 0 Å². The minimum atomic E-state index is -1.05. The number of aliphatic hydroxyl groups is 1. The molecule has 0 spiro atoms. The number of benzene rings is 6. The van der Waals surface area contributed by atoms with Crippen molar-refractivity contribution in [3.8, 4) is 5.88 Å². The molecular weight excluding hydrogens is 647 g/mol. The number of ether oxygens (including phenoxy) is 2. The van der Waals surface area contributed by atoms with Crippen LogP contribution >= 0.6 is 0 Å². The van der Waals surface area contributed by atoms with Crippen LogP contribution < -0.4 is 15.6 Å². The Kier molecular flexibility index (Phi) is 10.3. The maximum absolute atomic E-state index is 13.1. The molecule has 7 heteroatoms. The van der Waals surface area contributed by atoms with E-state index in [1.54, 1.807) is 0 Å². The van der Waals surface area contributed by atoms with Crippen LogP contribution in [-0.2, 0) is 15.9 Å². The Balaban J connectivity index is 1.17. The summed E-state index contributed by atoms with van der Waals surface area (Å²) in [7, 11) is 0. The van der Waals surface area contributed by atoms with Crippen LogP contribution in [0.5, 0.6) is 5.88 Å². The summed E-state index contributed by atoms with van der Waals surface area (Å²) in [6, 6.07) is 61.3. The van der Waals surface area contributed by atoms with Gasteiger partial charge in [0.25, 0.3) is 5.56 Å². The second-order valence-corrected chi connectivity index (χ2v) is 12.5. The summed E-state index contributed by atoms with van der Waals surface area (Å²) in [6.07, 6.45) is -1.05. The van der Waals surface area contributed by atoms with Gasteiger partial charge in [0.05, 0.1) is 12.7 Å². The summed E-state index contributed by atoms with van der Waals surface area (Å²) in [4.78, 5) is 20.6. The van der Waals surface area contributed by atoms with Crippen LogP contribution in [0.3, 0.4) is 0 Å². The zero-order valence-electron chi connectivity index (χ0n) is 28.5. The second kappa shape index (κ2) is 15.7. The molecule has 52 heavy (non-hydrogen) atoms. The topological polar surface area (TPSA) is 96.5 Å². The Bertz CT molecular complexity index is 2010. The molecule has 6 aromatic carbocycles. The highest BCUT2D eigenvalue weighted by atomic mass is 16.5. The summed E-state index contributed by atoms with van der Waals surface area (Å²) in [5.74, 6) is 0.273. The van der Waals surface area contributed by atoms with Crippen molar-refractivity contribution < 1.29 is 14.6 Å². The molecule has 258 valence electrons. The number of hydrogen-bond acceptors (Lipinski definition) is 6. The quantitative estimate of drug-likeness (QED) is 0.101. The number of aromatic amines is 1. The lowest BCUT2D eigenvalue weighted by atomic mass is 9.77. The minimum absolute atomic E-state index is 0.0634. The van der Waals surface area contributed by atoms with Crippen LogP contribution in [0.25, 0.3) is 0 Å². The molecule has 7 rings (SSSR count). The van der Waals surface area contributed by atoms with Crippen molar-refractivity contribution in [2.24, 2.45) is 0 Å². The number of nitrogens with one attached hydrogen (secondary N) is 2. The second-order valence-electron chi connectivity index (χ2n) is 12.5. The van der Waals surface area contributed by atoms with Gasteiger partial charge >= 0.3 is 0 Å². The number of aliphatic hydroxyl groups excluding tert-OH is 1. The van der Waals surface area contributed by atoms with Crippen molar-refractivity contribution in [2.45, 2.75) is 17.2 Å². The Morgan fingerprint density at radius 2 is 0.923 bits per heavy atom. The Labute approximate surface area is 303 Å². The van der Waals surface area contributed by atoms with Crippen molar-refractivity contribution in [2.75, 3.05) is 18.5 Å². The highest BCUT2D eigenvalue weighted by Crippen LogP contribution is 2.41. The largest absolute Gasteiger partial charge is 0.475 e. The fourth-order valence-electron chi connectivity index (χ4n) is 6.75. The van der Waals surface area contributed by atoms with Gasteiger partial charge in [-0.25, -0.2) is 0 Å². The highest BCUT2D eigenvalue weighted by Gasteiger charge is 2.39. The highest BCUT2D eigenvalue weighted by molar-refractivity contribution is 5.57. The van der Waals surface area contributed by atoms with Gasteiger partial charge in [-0.2, -0.15) is 4.98 Å². The first kappa shape index (κ1) is 34.2. The Hall–Kier alpha value is -6.28. The van der Waals surface area contributed by atoms with E-state index in [9.17, 15) is 9.90 Å². The fraction of sp³-hybridized carbons (Fsp3) is 0.111. The molecule has 0 aliphatic heterocycles. The molecule has 0 radical (unpaired) electrons. The van der Waals surface area contributed by atoms with Gasteiger partial charge in [-0.3, -0.25) is 9.78 Å². The van der Waals surface area contributed by atoms with E-state index in [0.717, 1.165) is 33.4 Å². The minimum Gasteiger partial charge on any atom is -0.475 e. The number of hydrogen-bond donors (Lipinski definition) is 3. The molecule has 0 aliphatic carbocycles. The van der Waals surface area contributed by atoms with Crippen molar-refractivity contribution in [3.05, 3.63) is 232 Å². The number of anilines is 1. The molecule has 0 saturated heterocycles. The van der Waals surface area contributed by atoms with E-state index in [0.29, 0.717) is 0 Å². The SMILES string of the molecule is O=c1cc(OCC(O)COC(c2ccccc2)(c2ccccc2)c2ccccc2)nc(NC(c2ccccc2)(c2ccccc2)c2ccccc2)[nH]1. The maximum atomic E-state index is 13.1. The number of rotatable bonds is 14. The lowest BCUT2D eigenvalue weighted by Crippen LogP contribution is -2.39. The molecule has 7 aromatic rings. The lowest BCUT2D eigenvalue weighted by Gasteiger charge is -2.37. The molecule has 7 nitrogen and oxygen atoms in total. The van der Waals surface area contributed by atoms with Crippen LogP contribution in [0.4, 0.5) is 5.95 Å². The molecule has 1 unspecified atom stereocenters. The van der Waals surface area contributed by atoms with Crippen molar-refractivity contribution in [3.63, 3.8) is 0 Å². The maximum Gasteiger partial charge on any atom is 0.256 e. The average molecular weight is 686 g/mol. The first-order chi connectivity index (χ1) is 25.6. The van der Waals surface area contributed by atoms with Crippen LogP contribution in [0, 0.1) is 0 Å². The van der Waals surface area contributed by atoms with E-state index >= 15 is 0 Å². The number of aromatic nitrogens is 2. The van der Waals surface area contributed by atoms with Gasteiger partial charge in [0.15, 0.2) is 0 Å². The van der Waals surface area contributed by atoms with E-state index in [1.807, 2.05) is 182 Å². The number of nitrogens with zero attached hydrogens (tertiary/aromatic N) is 1. The normalized spacial score (nSPS) is 12.2. The molecule has 0 saturated carbocycles. The van der Waals surface area contributed by atoms with Crippen LogP contribution in [0.1, 0.15) is 33.4 Å². The third-order valence-electron chi connectivity index (χ3n) is 9.10. The Morgan fingerprint density at radius 3 is 1.31 bits per heavy atom. The molecule has 0 amide bonds. The summed E-state index contributed by atoms with van der Waals surface area (Å²) in [5, 5.41) is 14.9. The van der Waals surface area contributed by atoms with Crippen molar-refractivity contribution >= 4 is 5.95 Å². The predicted molar refractivity (Wildman–Crippen MR) is 204 cm³/mol. The van der Waals surface area contributed by atoms with Gasteiger partial charge < -0.3 is 19.9 Å². The summed E-state index contributed by atoms with van der Waals surface area (Å²) < 4.78 is 12.8. The van der Waals surface area contributed by atoms with Crippen LogP contribution in [-0.4, -0.2) is 34.4 Å². The van der Waals surface area contributed by atoms with E-state index < -0.39 is 22.8 Å². The van der Waals surface area contributed by atoms with Crippen LogP contribution in [0.15, 0.2) is 193 Å². The predicted octanol–water partition coefficient (Wildman–Crippen LogP) is 7.92. The van der Waals surface area contributed by atoms with Crippen LogP contribution in [0.2, 0.25) is 0 Å². The monoisotopic (exact) mass is 685 g/mol. The third-order valence-corrected chi connectivity index (χ3v) is 9.10. The molecular formula is C45H39N3O4. The molecule has 3 N–H and O–H groups in total. The zero-order chi connectivity index (χ0) is 35.6. The van der Waals surface area contributed by atoms with Crippen molar-refractivity contribution in [1.82, 2.24) is 9.97 Å². The van der Waals surface area contributed by atoms with Crippen molar-refractivity contribution in [1.29, 1.82) is 0 Å². The molecule has 1 heterocycles. The van der Waals surface area contributed by atoms with E-state index in [1.165, 1.54) is 6.07 Å². The summed E-state index contributed by atoms with van der Waals surface area (Å²) in [6.45, 7) is -0.225. The molecule has 1 aromatic heterocycles. The molecule has 1 atom stereocenters. The molecule has 0 aliphatic rings. The third kappa shape index (κ3) is 7.14. The summed E-state index contributed by atoms with van der Waals surface area (Å²) in [5.41, 5.74) is 3.30. The molecule has 0 bridgehead atoms. The summed E-state index contributed by atoms with van der Waals surface area (Å²) >= 11 is 0. The van der Waals surface area contributed by atoms with Gasteiger partial charge in [0.1, 0.15) is 23.9 Å². The van der Waals surface area contributed by atoms with Gasteiger partial charge in [-0.05, 0) is 33.4 Å². The smallest absolute Gasteiger partial charge is 0.256 e. The van der Waals surface area contributed by atoms with E-state index in [4.69, 9.17) is 9.47 Å². The fourth-order valence-corrected chi connectivity index (χ4v) is 6.75. The number of H-pyrrole nitrogens is 1. The van der Waals surface area contributed by atoms with E-state index in [2.05, 4.69) is 15.3 Å². The standard InChI is InChI=1S/C45H39N3O4/c49-40(33-52-45(37-25-13-4-14-26-37,38-27-15-5-16-28-38)39-29-17-6-18-30-39)32-51-42-31-41(50)46-43(47-42)48-44(34-19-7-1-8-20-34,35-21-9-2-10-22-35)36-23-11-3-12-24-36/h1-31,40,49H,32-33H2,(H2,46,47,48,50). The Morgan fingerprint density at radius 1 is 0.558 bits per heavy atom. The van der Waals surface area contributed by atoms with Gasteiger partial charge in [-0.1, -0.05) is 182 Å². The molecule has 0 fully saturated rings. The zero-order valence-corrected chi connectivity index (χ0v) is 28.5. The van der Waals surface area contributed by atoms with E-state index in [-0.39, 0.29) is 25.0 Å². The average Bonchev–Trinajstić information content (AvgIpc) is 3.21.